The predicted molar refractivity (Wildman–Crippen MR) is 159 cm³/mol. The van der Waals surface area contributed by atoms with E-state index < -0.39 is 10.0 Å². The van der Waals surface area contributed by atoms with E-state index in [1.165, 1.54) is 0 Å². The summed E-state index contributed by atoms with van der Waals surface area (Å²) in [6, 6.07) is 21.1. The van der Waals surface area contributed by atoms with Crippen LogP contribution in [-0.4, -0.2) is 44.6 Å². The molecule has 0 spiro atoms. The smallest absolute Gasteiger partial charge is 0.240 e. The lowest BCUT2D eigenvalue weighted by molar-refractivity contribution is 0.284. The first-order valence-corrected chi connectivity index (χ1v) is 15.4. The second-order valence-electron chi connectivity index (χ2n) is 10.5. The molecule has 1 heterocycles. The Bertz CT molecular complexity index is 1500. The summed E-state index contributed by atoms with van der Waals surface area (Å²) in [5.41, 5.74) is 6.54. The van der Waals surface area contributed by atoms with Gasteiger partial charge < -0.3 is 16.4 Å². The molecule has 0 unspecified atom stereocenters. The summed E-state index contributed by atoms with van der Waals surface area (Å²) in [6.07, 6.45) is 6.08. The number of benzene rings is 3. The summed E-state index contributed by atoms with van der Waals surface area (Å²) in [7, 11) is -3.53. The van der Waals surface area contributed by atoms with Gasteiger partial charge in [-0.1, -0.05) is 42.5 Å². The van der Waals surface area contributed by atoms with Crippen LogP contribution in [0.3, 0.4) is 0 Å². The molecule has 5 N–H and O–H groups in total. The first kappa shape index (κ1) is 27.3. The quantitative estimate of drug-likeness (QED) is 0.182. The molecule has 1 aliphatic carbocycles. The SMILES string of the molecule is NCCCCNc1nc(NC[C@H]2CC[C@H](CNS(=O)(=O)c3ccc4ccccc4c3)CC2)nc2ccccc12. The second-order valence-corrected chi connectivity index (χ2v) is 12.2. The molecule has 206 valence electrons. The van der Waals surface area contributed by atoms with Crippen molar-refractivity contribution in [2.24, 2.45) is 17.6 Å². The van der Waals surface area contributed by atoms with E-state index in [0.29, 0.717) is 35.8 Å². The number of hydrogen-bond acceptors (Lipinski definition) is 7. The maximum atomic E-state index is 12.9. The van der Waals surface area contributed by atoms with E-state index >= 15 is 0 Å². The Morgan fingerprint density at radius 3 is 2.31 bits per heavy atom. The zero-order valence-corrected chi connectivity index (χ0v) is 23.1. The molecule has 0 aliphatic heterocycles. The first-order valence-electron chi connectivity index (χ1n) is 13.9. The highest BCUT2D eigenvalue weighted by Gasteiger charge is 2.24. The summed E-state index contributed by atoms with van der Waals surface area (Å²) in [5, 5.41) is 9.89. The summed E-state index contributed by atoms with van der Waals surface area (Å²) in [6.45, 7) is 2.80. The van der Waals surface area contributed by atoms with Gasteiger partial charge in [-0.25, -0.2) is 18.1 Å². The van der Waals surface area contributed by atoms with Crippen LogP contribution in [0.2, 0.25) is 0 Å². The normalized spacial score (nSPS) is 17.9. The molecule has 1 fully saturated rings. The van der Waals surface area contributed by atoms with Crippen LogP contribution in [-0.2, 0) is 10.0 Å². The lowest BCUT2D eigenvalue weighted by Crippen LogP contribution is -2.32. The van der Waals surface area contributed by atoms with E-state index in [-0.39, 0.29) is 0 Å². The van der Waals surface area contributed by atoms with Gasteiger partial charge in [-0.15, -0.1) is 0 Å². The van der Waals surface area contributed by atoms with Crippen LogP contribution >= 0.6 is 0 Å². The molecule has 9 heteroatoms. The number of fused-ring (bicyclic) bond motifs is 2. The Morgan fingerprint density at radius 2 is 1.51 bits per heavy atom. The maximum Gasteiger partial charge on any atom is 0.240 e. The minimum Gasteiger partial charge on any atom is -0.369 e. The highest BCUT2D eigenvalue weighted by atomic mass is 32.2. The molecule has 3 aromatic carbocycles. The highest BCUT2D eigenvalue weighted by Crippen LogP contribution is 2.29. The van der Waals surface area contributed by atoms with Gasteiger partial charge in [-0.2, -0.15) is 4.98 Å². The van der Waals surface area contributed by atoms with Gasteiger partial charge in [0.1, 0.15) is 5.82 Å². The number of para-hydroxylation sites is 1. The average Bonchev–Trinajstić information content (AvgIpc) is 2.97. The molecule has 8 nitrogen and oxygen atoms in total. The van der Waals surface area contributed by atoms with E-state index in [1.807, 2.05) is 54.6 Å². The third kappa shape index (κ3) is 7.03. The van der Waals surface area contributed by atoms with Crippen molar-refractivity contribution in [3.05, 3.63) is 66.7 Å². The van der Waals surface area contributed by atoms with Gasteiger partial charge in [-0.3, -0.25) is 0 Å². The fourth-order valence-electron chi connectivity index (χ4n) is 5.29. The Kier molecular flexibility index (Phi) is 8.91. The Hall–Kier alpha value is -3.27. The van der Waals surface area contributed by atoms with E-state index in [0.717, 1.165) is 79.1 Å². The van der Waals surface area contributed by atoms with Gasteiger partial charge in [0.25, 0.3) is 0 Å². The van der Waals surface area contributed by atoms with Gasteiger partial charge in [0.15, 0.2) is 0 Å². The van der Waals surface area contributed by atoms with Gasteiger partial charge in [0, 0.05) is 25.0 Å². The molecular formula is C30H38N6O2S. The molecule has 4 aromatic rings. The van der Waals surface area contributed by atoms with E-state index in [2.05, 4.69) is 15.4 Å². The molecule has 0 radical (unpaired) electrons. The molecular weight excluding hydrogens is 508 g/mol. The summed E-state index contributed by atoms with van der Waals surface area (Å²) in [4.78, 5) is 9.81. The summed E-state index contributed by atoms with van der Waals surface area (Å²) in [5.74, 6) is 2.34. The van der Waals surface area contributed by atoms with Gasteiger partial charge in [0.2, 0.25) is 16.0 Å². The van der Waals surface area contributed by atoms with Crippen LogP contribution in [0.15, 0.2) is 71.6 Å². The molecule has 0 amide bonds. The molecule has 1 aromatic heterocycles. The van der Waals surface area contributed by atoms with Crippen molar-refractivity contribution < 1.29 is 8.42 Å². The van der Waals surface area contributed by atoms with Crippen molar-refractivity contribution in [1.82, 2.24) is 14.7 Å². The van der Waals surface area contributed by atoms with Crippen molar-refractivity contribution in [3.8, 4) is 0 Å². The number of anilines is 2. The van der Waals surface area contributed by atoms with Gasteiger partial charge in [-0.05, 0) is 91.9 Å². The number of aromatic nitrogens is 2. The lowest BCUT2D eigenvalue weighted by Gasteiger charge is -2.28. The number of hydrogen-bond donors (Lipinski definition) is 4. The summed E-state index contributed by atoms with van der Waals surface area (Å²) >= 11 is 0. The second kappa shape index (κ2) is 12.7. The van der Waals surface area contributed by atoms with Crippen LogP contribution in [0.25, 0.3) is 21.7 Å². The number of sulfonamides is 1. The molecule has 0 bridgehead atoms. The fraction of sp³-hybridized carbons (Fsp3) is 0.400. The predicted octanol–water partition coefficient (Wildman–Crippen LogP) is 5.13. The number of unbranched alkanes of at least 4 members (excludes halogenated alkanes) is 1. The lowest BCUT2D eigenvalue weighted by atomic mass is 9.82. The largest absolute Gasteiger partial charge is 0.369 e. The zero-order chi connectivity index (χ0) is 27.1. The summed E-state index contributed by atoms with van der Waals surface area (Å²) < 4.78 is 28.7. The van der Waals surface area contributed by atoms with E-state index in [9.17, 15) is 8.42 Å². The van der Waals surface area contributed by atoms with Crippen LogP contribution < -0.4 is 21.1 Å². The molecule has 1 aliphatic rings. The molecule has 1 saturated carbocycles. The van der Waals surface area contributed by atoms with Crippen LogP contribution in [0.5, 0.6) is 0 Å². The maximum absolute atomic E-state index is 12.9. The Balaban J connectivity index is 1.12. The van der Waals surface area contributed by atoms with Crippen molar-refractivity contribution in [3.63, 3.8) is 0 Å². The van der Waals surface area contributed by atoms with Gasteiger partial charge >= 0.3 is 0 Å². The standard InChI is InChI=1S/C30H38N6O2S/c31-17-5-6-18-32-29-27-9-3-4-10-28(27)35-30(36-29)33-20-22-11-13-23(14-12-22)21-34-39(37,38)26-16-15-24-7-1-2-8-25(24)19-26/h1-4,7-10,15-16,19,22-23,34H,5-6,11-14,17-18,20-21,31H2,(H2,32,33,35,36)/t22-,23-. The monoisotopic (exact) mass is 546 g/mol. The number of nitrogens with zero attached hydrogens (tertiary/aromatic N) is 2. The molecule has 0 atom stereocenters. The van der Waals surface area contributed by atoms with Crippen molar-refractivity contribution >= 4 is 43.5 Å². The third-order valence-electron chi connectivity index (χ3n) is 7.64. The van der Waals surface area contributed by atoms with E-state index in [4.69, 9.17) is 15.7 Å². The van der Waals surface area contributed by atoms with Gasteiger partial charge in [0.05, 0.1) is 10.4 Å². The number of nitrogens with two attached hydrogens (primary N) is 1. The highest BCUT2D eigenvalue weighted by molar-refractivity contribution is 7.89. The first-order chi connectivity index (χ1) is 19.0. The van der Waals surface area contributed by atoms with Crippen LogP contribution in [0, 0.1) is 11.8 Å². The van der Waals surface area contributed by atoms with Crippen LogP contribution in [0.4, 0.5) is 11.8 Å². The Morgan fingerprint density at radius 1 is 0.795 bits per heavy atom. The molecule has 0 saturated heterocycles. The van der Waals surface area contributed by atoms with E-state index in [1.54, 1.807) is 12.1 Å². The Labute approximate surface area is 230 Å². The topological polar surface area (TPSA) is 122 Å². The van der Waals surface area contributed by atoms with Crippen molar-refractivity contribution in [2.45, 2.75) is 43.4 Å². The zero-order valence-electron chi connectivity index (χ0n) is 22.3. The van der Waals surface area contributed by atoms with Crippen molar-refractivity contribution in [2.75, 3.05) is 36.8 Å². The third-order valence-corrected chi connectivity index (χ3v) is 9.06. The fourth-order valence-corrected chi connectivity index (χ4v) is 6.44. The van der Waals surface area contributed by atoms with Crippen molar-refractivity contribution in [1.29, 1.82) is 0 Å². The minimum atomic E-state index is -3.53. The average molecular weight is 547 g/mol. The molecule has 39 heavy (non-hydrogen) atoms. The number of rotatable bonds is 12. The molecule has 5 rings (SSSR count). The minimum absolute atomic E-state index is 0.322. The number of nitrogens with one attached hydrogen (secondary N) is 3. The van der Waals surface area contributed by atoms with Crippen LogP contribution in [0.1, 0.15) is 38.5 Å².